The largest absolute Gasteiger partial charge is 0.431 e. The molecule has 11 nitrogen and oxygen atoms in total. The van der Waals surface area contributed by atoms with Crippen LogP contribution in [0.2, 0.25) is 0 Å². The van der Waals surface area contributed by atoms with Crippen LogP contribution in [0.15, 0.2) is 141 Å². The summed E-state index contributed by atoms with van der Waals surface area (Å²) in [6.45, 7) is -1.64. The summed E-state index contributed by atoms with van der Waals surface area (Å²) >= 11 is 7.52. The Morgan fingerprint density at radius 2 is 0.755 bits per heavy atom. The van der Waals surface area contributed by atoms with Crippen molar-refractivity contribution in [2.45, 2.75) is 0 Å². The van der Waals surface area contributed by atoms with E-state index in [0.29, 0.717) is 43.7 Å². The lowest BCUT2D eigenvalue weighted by Gasteiger charge is -2.31. The number of hydrogen-bond acceptors (Lipinski definition) is 11. The summed E-state index contributed by atoms with van der Waals surface area (Å²) in [6, 6.07) is 41.1. The fraction of sp³-hybridized carbons (Fsp3) is 0.211. The van der Waals surface area contributed by atoms with Crippen molar-refractivity contribution in [1.29, 1.82) is 0 Å². The Kier molecular flexibility index (Phi) is 11.2. The van der Waals surface area contributed by atoms with Gasteiger partial charge in [-0.05, 0) is 80.0 Å². The molecule has 2 aliphatic heterocycles. The molecule has 0 saturated heterocycles. The molecule has 0 radical (unpaired) electrons. The predicted octanol–water partition coefficient (Wildman–Crippen LogP) is 11.9. The molecule has 3 atom stereocenters. The van der Waals surface area contributed by atoms with Gasteiger partial charge in [0.05, 0.1) is 52.9 Å². The fourth-order valence-corrected chi connectivity index (χ4v) is 15.9. The molecule has 274 valence electrons. The van der Waals surface area contributed by atoms with Gasteiger partial charge in [0.25, 0.3) is 0 Å². The highest BCUT2D eigenvalue weighted by molar-refractivity contribution is 7.94. The molecular weight excluding hydrogens is 755 g/mol. The molecule has 15 heteroatoms. The summed E-state index contributed by atoms with van der Waals surface area (Å²) < 4.78 is 65.8. The van der Waals surface area contributed by atoms with Gasteiger partial charge in [-0.2, -0.15) is 0 Å². The van der Waals surface area contributed by atoms with Crippen molar-refractivity contribution in [2.24, 2.45) is 13.5 Å². The Bertz CT molecular complexity index is 2330. The van der Waals surface area contributed by atoms with Crippen molar-refractivity contribution in [3.63, 3.8) is 0 Å². The van der Waals surface area contributed by atoms with E-state index in [9.17, 15) is 0 Å². The highest BCUT2D eigenvalue weighted by Gasteiger charge is 2.44. The highest BCUT2D eigenvalue weighted by atomic mass is 35.7. The van der Waals surface area contributed by atoms with Crippen LogP contribution < -0.4 is 13.6 Å². The molecule has 8 rings (SSSR count). The van der Waals surface area contributed by atoms with E-state index in [1.165, 1.54) is 0 Å². The van der Waals surface area contributed by atoms with Gasteiger partial charge in [0.15, 0.2) is 0 Å². The molecular formula is C38H37ClN3O8P3. The normalized spacial score (nSPS) is 24.4. The fourth-order valence-electron chi connectivity index (χ4n) is 5.79. The molecule has 0 amide bonds. The first-order valence-corrected chi connectivity index (χ1v) is 22.7. The van der Waals surface area contributed by atoms with Crippen LogP contribution in [-0.2, 0) is 23.3 Å². The molecule has 0 N–H and O–H groups in total. The van der Waals surface area contributed by atoms with Crippen LogP contribution in [0.4, 0.5) is 0 Å². The number of ether oxygens (including phenoxy) is 3. The van der Waals surface area contributed by atoms with Crippen molar-refractivity contribution >= 4 is 65.7 Å². The summed E-state index contributed by atoms with van der Waals surface area (Å²) in [5.74, 6) is 1.40. The lowest BCUT2D eigenvalue weighted by Crippen LogP contribution is -2.14. The number of fused-ring (bicyclic) bond motifs is 4. The van der Waals surface area contributed by atoms with Crippen molar-refractivity contribution in [1.82, 2.24) is 0 Å². The number of rotatable bonds is 6. The smallest absolute Gasteiger partial charge is 0.403 e. The van der Waals surface area contributed by atoms with Crippen LogP contribution in [0.3, 0.4) is 0 Å². The Morgan fingerprint density at radius 3 is 1.19 bits per heavy atom. The zero-order valence-electron chi connectivity index (χ0n) is 28.6. The Morgan fingerprint density at radius 1 is 0.396 bits per heavy atom. The van der Waals surface area contributed by atoms with E-state index in [1.54, 1.807) is 0 Å². The second-order valence-electron chi connectivity index (χ2n) is 12.0. The molecule has 0 fully saturated rings. The standard InChI is InChI=1S/C38H37ClN3O8P3/c39-51(48-36-16-13-30-7-1-4-10-33(30)27-36)40-52(49-37-17-14-31-8-2-5-11-34(31)28-37)42-53(41-51,50-38-18-15-32-9-3-6-12-35(32)29-38)47-26-24-45-22-20-43-19-21-44-23-25-46-52/h1-18,27-29H,19-26H2. The number of hydrogen-bond donors (Lipinski definition) is 0. The minimum absolute atomic E-state index is 0.0698. The van der Waals surface area contributed by atoms with E-state index in [4.69, 9.17) is 61.6 Å². The van der Waals surface area contributed by atoms with Crippen LogP contribution >= 0.6 is 33.3 Å². The zero-order valence-corrected chi connectivity index (χ0v) is 32.0. The molecule has 3 unspecified atom stereocenters. The molecule has 0 aromatic heterocycles. The van der Waals surface area contributed by atoms with Crippen LogP contribution in [0.5, 0.6) is 17.2 Å². The molecule has 2 bridgehead atoms. The Hall–Kier alpha value is -3.72. The van der Waals surface area contributed by atoms with Crippen LogP contribution in [-0.4, -0.2) is 52.9 Å². The second-order valence-corrected chi connectivity index (χ2v) is 19.5. The number of nitrogens with zero attached hydrogens (tertiary/aromatic N) is 3. The van der Waals surface area contributed by atoms with Crippen LogP contribution in [0.1, 0.15) is 0 Å². The zero-order chi connectivity index (χ0) is 36.0. The molecule has 6 aromatic rings. The minimum atomic E-state index is -3.80. The van der Waals surface area contributed by atoms with Gasteiger partial charge in [-0.1, -0.05) is 91.0 Å². The van der Waals surface area contributed by atoms with Gasteiger partial charge in [0.1, 0.15) is 17.2 Å². The molecule has 0 aliphatic carbocycles. The van der Waals surface area contributed by atoms with Crippen molar-refractivity contribution in [3.05, 3.63) is 127 Å². The summed E-state index contributed by atoms with van der Waals surface area (Å²) in [6.07, 6.45) is 0. The van der Waals surface area contributed by atoms with Gasteiger partial charge in [0, 0.05) is 0 Å². The van der Waals surface area contributed by atoms with E-state index in [0.717, 1.165) is 32.3 Å². The van der Waals surface area contributed by atoms with Crippen molar-refractivity contribution < 1.29 is 36.8 Å². The average Bonchev–Trinajstić information content (AvgIpc) is 3.16. The van der Waals surface area contributed by atoms with Gasteiger partial charge in [-0.15, -0.1) is 13.5 Å². The third-order valence-corrected chi connectivity index (χ3v) is 17.4. The minimum Gasteiger partial charge on any atom is -0.431 e. The van der Waals surface area contributed by atoms with Crippen LogP contribution in [0, 0.1) is 0 Å². The molecule has 0 saturated carbocycles. The molecule has 6 aromatic carbocycles. The SMILES string of the molecule is ClP1(Oc2ccc3ccccc3c2)=NP2(Oc3ccc4ccccc4c3)=NP(Oc3ccc4ccccc4c3)(=N1)OCCOCCOCCOCCO2. The second kappa shape index (κ2) is 16.3. The molecule has 53 heavy (non-hydrogen) atoms. The summed E-state index contributed by atoms with van der Waals surface area (Å²) in [7, 11) is -7.60. The first kappa shape index (κ1) is 36.3. The third kappa shape index (κ3) is 8.98. The van der Waals surface area contributed by atoms with Gasteiger partial charge in [0.2, 0.25) is 0 Å². The van der Waals surface area contributed by atoms with Gasteiger partial charge >= 0.3 is 22.1 Å². The van der Waals surface area contributed by atoms with Gasteiger partial charge in [-0.3, -0.25) is 9.05 Å². The van der Waals surface area contributed by atoms with E-state index >= 15 is 0 Å². The van der Waals surface area contributed by atoms with Crippen molar-refractivity contribution in [3.8, 4) is 17.2 Å². The van der Waals surface area contributed by atoms with E-state index < -0.39 is 22.1 Å². The summed E-state index contributed by atoms with van der Waals surface area (Å²) in [4.78, 5) is 0. The topological polar surface area (TPSA) is 111 Å². The van der Waals surface area contributed by atoms with E-state index in [1.807, 2.05) is 127 Å². The Balaban J connectivity index is 1.30. The number of halogens is 1. The quantitative estimate of drug-likeness (QED) is 0.153. The summed E-state index contributed by atoms with van der Waals surface area (Å²) in [5, 5.41) is 6.02. The third-order valence-electron chi connectivity index (χ3n) is 8.22. The van der Waals surface area contributed by atoms with E-state index in [-0.39, 0.29) is 26.4 Å². The van der Waals surface area contributed by atoms with Gasteiger partial charge < -0.3 is 27.8 Å². The summed E-state index contributed by atoms with van der Waals surface area (Å²) in [5.41, 5.74) is 0. The maximum atomic E-state index is 7.52. The van der Waals surface area contributed by atoms with Crippen molar-refractivity contribution in [2.75, 3.05) is 52.9 Å². The predicted molar refractivity (Wildman–Crippen MR) is 212 cm³/mol. The number of benzene rings is 6. The van der Waals surface area contributed by atoms with Crippen LogP contribution in [0.25, 0.3) is 32.3 Å². The maximum Gasteiger partial charge on any atom is 0.403 e. The monoisotopic (exact) mass is 791 g/mol. The average molecular weight is 792 g/mol. The Labute approximate surface area is 312 Å². The first-order valence-electron chi connectivity index (χ1n) is 17.1. The molecule has 2 aliphatic rings. The maximum absolute atomic E-state index is 7.52. The first-order chi connectivity index (χ1) is 26.0. The van der Waals surface area contributed by atoms with Gasteiger partial charge in [-0.25, -0.2) is 0 Å². The lowest BCUT2D eigenvalue weighted by molar-refractivity contribution is 0.00459. The lowest BCUT2D eigenvalue weighted by atomic mass is 10.1. The molecule has 2 heterocycles. The highest BCUT2D eigenvalue weighted by Crippen LogP contribution is 2.80. The van der Waals surface area contributed by atoms with E-state index in [2.05, 4.69) is 0 Å². The molecule has 0 spiro atoms.